The van der Waals surface area contributed by atoms with E-state index in [-0.39, 0.29) is 12.6 Å². The lowest BCUT2D eigenvalue weighted by atomic mass is 10.1. The van der Waals surface area contributed by atoms with Crippen LogP contribution in [0.1, 0.15) is 17.2 Å². The summed E-state index contributed by atoms with van der Waals surface area (Å²) in [4.78, 5) is 4.54. The number of rotatable bonds is 6. The second-order valence-electron chi connectivity index (χ2n) is 5.52. The molecular formula is C19H19ClN2O2. The molecular weight excluding hydrogens is 324 g/mol. The molecule has 0 saturated heterocycles. The summed E-state index contributed by atoms with van der Waals surface area (Å²) >= 11 is 5.92. The number of pyridine rings is 1. The summed E-state index contributed by atoms with van der Waals surface area (Å²) < 4.78 is 5.41. The number of aliphatic hydroxyl groups excluding tert-OH is 1. The summed E-state index contributed by atoms with van der Waals surface area (Å²) in [6.07, 6.45) is 0. The van der Waals surface area contributed by atoms with Gasteiger partial charge >= 0.3 is 0 Å². The molecule has 2 N–H and O–H groups in total. The summed E-state index contributed by atoms with van der Waals surface area (Å²) in [5.41, 5.74) is 2.83. The molecule has 0 amide bonds. The number of halogens is 1. The maximum Gasteiger partial charge on any atom is 0.218 e. The summed E-state index contributed by atoms with van der Waals surface area (Å²) in [7, 11) is 1.61. The van der Waals surface area contributed by atoms with Crippen molar-refractivity contribution in [3.63, 3.8) is 0 Å². The van der Waals surface area contributed by atoms with Crippen LogP contribution in [0.15, 0.2) is 54.6 Å². The predicted molar refractivity (Wildman–Crippen MR) is 96.4 cm³/mol. The summed E-state index contributed by atoms with van der Waals surface area (Å²) in [6.45, 7) is 0.528. The summed E-state index contributed by atoms with van der Waals surface area (Å²) in [6, 6.07) is 17.3. The fourth-order valence-corrected chi connectivity index (χ4v) is 2.79. The average Bonchev–Trinajstić information content (AvgIpc) is 2.62. The maximum atomic E-state index is 9.68. The van der Waals surface area contributed by atoms with E-state index in [9.17, 15) is 5.11 Å². The molecule has 1 aromatic heterocycles. The van der Waals surface area contributed by atoms with Gasteiger partial charge in [-0.05, 0) is 29.8 Å². The third-order valence-corrected chi connectivity index (χ3v) is 4.20. The maximum absolute atomic E-state index is 9.68. The van der Waals surface area contributed by atoms with Crippen molar-refractivity contribution in [1.82, 2.24) is 10.3 Å². The van der Waals surface area contributed by atoms with Crippen LogP contribution in [-0.2, 0) is 6.54 Å². The van der Waals surface area contributed by atoms with Crippen molar-refractivity contribution in [2.75, 3.05) is 13.7 Å². The van der Waals surface area contributed by atoms with E-state index in [0.29, 0.717) is 17.4 Å². The number of nitrogens with zero attached hydrogens (tertiary/aromatic N) is 1. The Hall–Kier alpha value is -2.14. The van der Waals surface area contributed by atoms with E-state index in [1.807, 2.05) is 48.5 Å². The Morgan fingerprint density at radius 3 is 2.62 bits per heavy atom. The molecule has 124 valence electrons. The van der Waals surface area contributed by atoms with E-state index in [1.54, 1.807) is 7.11 Å². The number of methoxy groups -OCH3 is 1. The Labute approximate surface area is 146 Å². The fourth-order valence-electron chi connectivity index (χ4n) is 2.66. The largest absolute Gasteiger partial charge is 0.481 e. The first-order valence-corrected chi connectivity index (χ1v) is 8.11. The van der Waals surface area contributed by atoms with Crippen molar-refractivity contribution in [3.8, 4) is 5.88 Å². The lowest BCUT2D eigenvalue weighted by Crippen LogP contribution is -2.24. The van der Waals surface area contributed by atoms with Gasteiger partial charge in [-0.3, -0.25) is 0 Å². The lowest BCUT2D eigenvalue weighted by Gasteiger charge is -2.18. The molecule has 24 heavy (non-hydrogen) atoms. The molecule has 1 atom stereocenters. The van der Waals surface area contributed by atoms with Crippen molar-refractivity contribution in [2.24, 2.45) is 0 Å². The van der Waals surface area contributed by atoms with Crippen LogP contribution < -0.4 is 10.1 Å². The number of hydrogen-bond donors (Lipinski definition) is 2. The number of hydrogen-bond acceptors (Lipinski definition) is 4. The van der Waals surface area contributed by atoms with Gasteiger partial charge in [-0.1, -0.05) is 41.9 Å². The first kappa shape index (κ1) is 16.7. The predicted octanol–water partition coefficient (Wildman–Crippen LogP) is 3.72. The molecule has 3 rings (SSSR count). The molecule has 3 aromatic rings. The smallest absolute Gasteiger partial charge is 0.218 e. The zero-order valence-electron chi connectivity index (χ0n) is 13.4. The molecule has 0 aliphatic heterocycles. The van der Waals surface area contributed by atoms with Crippen molar-refractivity contribution in [3.05, 3.63) is 70.7 Å². The van der Waals surface area contributed by atoms with E-state index in [2.05, 4.69) is 16.4 Å². The van der Waals surface area contributed by atoms with Crippen LogP contribution in [-0.4, -0.2) is 23.8 Å². The zero-order chi connectivity index (χ0) is 16.9. The van der Waals surface area contributed by atoms with E-state index in [4.69, 9.17) is 16.3 Å². The molecule has 0 spiro atoms. The highest BCUT2D eigenvalue weighted by molar-refractivity contribution is 6.30. The lowest BCUT2D eigenvalue weighted by molar-refractivity contribution is 0.243. The van der Waals surface area contributed by atoms with Crippen molar-refractivity contribution in [1.29, 1.82) is 0 Å². The van der Waals surface area contributed by atoms with Gasteiger partial charge in [0.2, 0.25) is 5.88 Å². The van der Waals surface area contributed by atoms with Crippen LogP contribution in [0.3, 0.4) is 0 Å². The first-order valence-electron chi connectivity index (χ1n) is 7.73. The first-order chi connectivity index (χ1) is 11.7. The highest BCUT2D eigenvalue weighted by atomic mass is 35.5. The average molecular weight is 343 g/mol. The van der Waals surface area contributed by atoms with Gasteiger partial charge < -0.3 is 15.2 Å². The molecule has 0 bridgehead atoms. The number of aliphatic hydroxyl groups is 1. The van der Waals surface area contributed by atoms with Gasteiger partial charge in [0.15, 0.2) is 0 Å². The van der Waals surface area contributed by atoms with Crippen LogP contribution in [0.4, 0.5) is 0 Å². The van der Waals surface area contributed by atoms with E-state index >= 15 is 0 Å². The van der Waals surface area contributed by atoms with Crippen molar-refractivity contribution < 1.29 is 9.84 Å². The van der Waals surface area contributed by atoms with Gasteiger partial charge in [-0.15, -0.1) is 0 Å². The Bertz CT molecular complexity index is 821. The Morgan fingerprint density at radius 2 is 1.92 bits per heavy atom. The molecule has 5 heteroatoms. The molecule has 0 aliphatic carbocycles. The van der Waals surface area contributed by atoms with Crippen molar-refractivity contribution >= 4 is 22.5 Å². The molecule has 0 aliphatic rings. The van der Waals surface area contributed by atoms with Crippen LogP contribution in [0, 0.1) is 0 Å². The minimum Gasteiger partial charge on any atom is -0.481 e. The molecule has 1 heterocycles. The van der Waals surface area contributed by atoms with E-state index in [1.165, 1.54) is 0 Å². The number of nitrogens with one attached hydrogen (secondary N) is 1. The second kappa shape index (κ2) is 7.62. The second-order valence-corrected chi connectivity index (χ2v) is 5.95. The van der Waals surface area contributed by atoms with Crippen molar-refractivity contribution in [2.45, 2.75) is 12.6 Å². The Kier molecular flexibility index (Phi) is 5.30. The van der Waals surface area contributed by atoms with E-state index in [0.717, 1.165) is 22.0 Å². The summed E-state index contributed by atoms with van der Waals surface area (Å²) in [5.74, 6) is 0.592. The summed E-state index contributed by atoms with van der Waals surface area (Å²) in [5, 5.41) is 14.8. The number of fused-ring (bicyclic) bond motifs is 1. The highest BCUT2D eigenvalue weighted by Crippen LogP contribution is 2.23. The van der Waals surface area contributed by atoms with Gasteiger partial charge in [0.05, 0.1) is 25.3 Å². The van der Waals surface area contributed by atoms with Crippen LogP contribution in [0.5, 0.6) is 5.88 Å². The molecule has 2 aromatic carbocycles. The zero-order valence-corrected chi connectivity index (χ0v) is 14.1. The third-order valence-electron chi connectivity index (χ3n) is 3.95. The van der Waals surface area contributed by atoms with Crippen LogP contribution in [0.2, 0.25) is 5.02 Å². The van der Waals surface area contributed by atoms with Crippen LogP contribution in [0.25, 0.3) is 10.9 Å². The number of para-hydroxylation sites is 1. The number of benzene rings is 2. The molecule has 0 fully saturated rings. The molecule has 0 saturated carbocycles. The topological polar surface area (TPSA) is 54.4 Å². The molecule has 4 nitrogen and oxygen atoms in total. The SMILES string of the molecule is COc1nc2ccccc2cc1CNC(CO)c1ccc(Cl)cc1. The van der Waals surface area contributed by atoms with Gasteiger partial charge in [-0.2, -0.15) is 0 Å². The van der Waals surface area contributed by atoms with Gasteiger partial charge in [-0.25, -0.2) is 4.98 Å². The van der Waals surface area contributed by atoms with E-state index < -0.39 is 0 Å². The molecule has 0 radical (unpaired) electrons. The third kappa shape index (κ3) is 3.67. The monoisotopic (exact) mass is 342 g/mol. The fraction of sp³-hybridized carbons (Fsp3) is 0.211. The Balaban J connectivity index is 1.81. The van der Waals surface area contributed by atoms with Gasteiger partial charge in [0, 0.05) is 22.5 Å². The standard InChI is InChI=1S/C19H19ClN2O2/c1-24-19-15(10-14-4-2-3-5-17(14)22-19)11-21-18(12-23)13-6-8-16(20)9-7-13/h2-10,18,21,23H,11-12H2,1H3. The minimum atomic E-state index is -0.182. The Morgan fingerprint density at radius 1 is 1.17 bits per heavy atom. The normalized spacial score (nSPS) is 12.3. The van der Waals surface area contributed by atoms with Gasteiger partial charge in [0.1, 0.15) is 0 Å². The quantitative estimate of drug-likeness (QED) is 0.717. The number of aromatic nitrogens is 1. The van der Waals surface area contributed by atoms with Gasteiger partial charge in [0.25, 0.3) is 0 Å². The number of ether oxygens (including phenoxy) is 1. The minimum absolute atomic E-state index is 0.00897. The van der Waals surface area contributed by atoms with Crippen LogP contribution >= 0.6 is 11.6 Å². The molecule has 1 unspecified atom stereocenters. The highest BCUT2D eigenvalue weighted by Gasteiger charge is 2.13.